The van der Waals surface area contributed by atoms with Crippen molar-refractivity contribution in [3.8, 4) is 0 Å². The van der Waals surface area contributed by atoms with E-state index in [1.807, 2.05) is 0 Å². The summed E-state index contributed by atoms with van der Waals surface area (Å²) in [6.07, 6.45) is 3.12. The summed E-state index contributed by atoms with van der Waals surface area (Å²) >= 11 is 0. The number of likely N-dealkylation sites (N-methyl/N-ethyl adjacent to an activating group) is 1. The first-order valence-electron chi connectivity index (χ1n) is 7.85. The number of nitrogens with zero attached hydrogens (tertiary/aromatic N) is 1. The first kappa shape index (κ1) is 16.9. The second-order valence-electron chi connectivity index (χ2n) is 5.50. The fourth-order valence-electron chi connectivity index (χ4n) is 2.68. The zero-order valence-corrected chi connectivity index (χ0v) is 13.2. The number of hydrogen-bond acceptors (Lipinski definition) is 4. The third-order valence-electron chi connectivity index (χ3n) is 3.79. The van der Waals surface area contributed by atoms with Gasteiger partial charge in [0, 0.05) is 19.6 Å². The van der Waals surface area contributed by atoms with Crippen LogP contribution in [0.15, 0.2) is 0 Å². The van der Waals surface area contributed by atoms with E-state index in [-0.39, 0.29) is 0 Å². The van der Waals surface area contributed by atoms with Crippen molar-refractivity contribution in [2.75, 3.05) is 39.3 Å². The van der Waals surface area contributed by atoms with Crippen LogP contribution in [0.4, 0.5) is 0 Å². The lowest BCUT2D eigenvalue weighted by atomic mass is 10.0. The van der Waals surface area contributed by atoms with Crippen LogP contribution in [-0.2, 0) is 9.47 Å². The lowest BCUT2D eigenvalue weighted by molar-refractivity contribution is -0.101. The molecule has 0 aromatic heterocycles. The van der Waals surface area contributed by atoms with Gasteiger partial charge in [0.2, 0.25) is 0 Å². The van der Waals surface area contributed by atoms with Gasteiger partial charge in [0.25, 0.3) is 0 Å². The molecule has 1 saturated heterocycles. The molecule has 19 heavy (non-hydrogen) atoms. The molecule has 0 radical (unpaired) electrons. The molecule has 1 rings (SSSR count). The normalized spacial score (nSPS) is 27.9. The van der Waals surface area contributed by atoms with Gasteiger partial charge in [-0.25, -0.2) is 0 Å². The van der Waals surface area contributed by atoms with E-state index < -0.39 is 0 Å². The number of nitrogens with one attached hydrogen (secondary N) is 1. The second-order valence-corrected chi connectivity index (χ2v) is 5.50. The topological polar surface area (TPSA) is 33.7 Å². The summed E-state index contributed by atoms with van der Waals surface area (Å²) in [6, 6.07) is 0. The van der Waals surface area contributed by atoms with Gasteiger partial charge in [-0.3, -0.25) is 0 Å². The summed E-state index contributed by atoms with van der Waals surface area (Å²) < 4.78 is 11.6. The third-order valence-corrected chi connectivity index (χ3v) is 3.79. The molecule has 1 aliphatic heterocycles. The van der Waals surface area contributed by atoms with Crippen LogP contribution in [0.2, 0.25) is 0 Å². The SMILES string of the molecule is CCN(CC)CCNCCOC1CC(C)OC(C)C1. The molecule has 1 heterocycles. The monoisotopic (exact) mass is 272 g/mol. The predicted molar refractivity (Wildman–Crippen MR) is 79.6 cm³/mol. The molecular weight excluding hydrogens is 240 g/mol. The molecule has 2 unspecified atom stereocenters. The molecule has 2 atom stereocenters. The Kier molecular flexibility index (Phi) is 8.62. The summed E-state index contributed by atoms with van der Waals surface area (Å²) in [5.41, 5.74) is 0. The van der Waals surface area contributed by atoms with Gasteiger partial charge >= 0.3 is 0 Å². The van der Waals surface area contributed by atoms with Gasteiger partial charge in [0.1, 0.15) is 0 Å². The molecule has 0 bridgehead atoms. The van der Waals surface area contributed by atoms with E-state index in [0.29, 0.717) is 18.3 Å². The number of hydrogen-bond donors (Lipinski definition) is 1. The highest BCUT2D eigenvalue weighted by Gasteiger charge is 2.24. The maximum Gasteiger partial charge on any atom is 0.0625 e. The first-order valence-corrected chi connectivity index (χ1v) is 7.85. The van der Waals surface area contributed by atoms with Crippen molar-refractivity contribution < 1.29 is 9.47 Å². The smallest absolute Gasteiger partial charge is 0.0625 e. The second kappa shape index (κ2) is 9.70. The van der Waals surface area contributed by atoms with Crippen LogP contribution in [0.3, 0.4) is 0 Å². The van der Waals surface area contributed by atoms with Crippen molar-refractivity contribution in [2.24, 2.45) is 0 Å². The molecule has 4 heteroatoms. The Balaban J connectivity index is 1.98. The van der Waals surface area contributed by atoms with E-state index >= 15 is 0 Å². The Morgan fingerprint density at radius 2 is 1.74 bits per heavy atom. The largest absolute Gasteiger partial charge is 0.377 e. The molecule has 1 aliphatic rings. The zero-order chi connectivity index (χ0) is 14.1. The minimum Gasteiger partial charge on any atom is -0.377 e. The quantitative estimate of drug-likeness (QED) is 0.650. The lowest BCUT2D eigenvalue weighted by Crippen LogP contribution is -2.36. The molecule has 0 spiro atoms. The summed E-state index contributed by atoms with van der Waals surface area (Å²) in [4.78, 5) is 2.43. The number of ether oxygens (including phenoxy) is 2. The fourth-order valence-corrected chi connectivity index (χ4v) is 2.68. The summed E-state index contributed by atoms with van der Waals surface area (Å²) in [5.74, 6) is 0. The molecule has 0 aromatic carbocycles. The minimum absolute atomic E-state index is 0.337. The van der Waals surface area contributed by atoms with E-state index in [9.17, 15) is 0 Å². The highest BCUT2D eigenvalue weighted by atomic mass is 16.5. The van der Waals surface area contributed by atoms with Gasteiger partial charge in [0.15, 0.2) is 0 Å². The van der Waals surface area contributed by atoms with E-state index in [0.717, 1.165) is 52.2 Å². The number of rotatable bonds is 9. The van der Waals surface area contributed by atoms with Gasteiger partial charge in [-0.2, -0.15) is 0 Å². The summed E-state index contributed by atoms with van der Waals surface area (Å²) in [5, 5.41) is 3.45. The Bertz CT molecular complexity index is 212. The maximum atomic E-state index is 5.93. The van der Waals surface area contributed by atoms with Crippen LogP contribution in [-0.4, -0.2) is 62.5 Å². The van der Waals surface area contributed by atoms with Crippen molar-refractivity contribution >= 4 is 0 Å². The molecule has 4 nitrogen and oxygen atoms in total. The van der Waals surface area contributed by atoms with Crippen molar-refractivity contribution in [3.05, 3.63) is 0 Å². The van der Waals surface area contributed by atoms with Gasteiger partial charge in [-0.05, 0) is 39.8 Å². The van der Waals surface area contributed by atoms with Crippen LogP contribution < -0.4 is 5.32 Å². The molecule has 0 aliphatic carbocycles. The lowest BCUT2D eigenvalue weighted by Gasteiger charge is -2.32. The van der Waals surface area contributed by atoms with E-state index in [1.54, 1.807) is 0 Å². The van der Waals surface area contributed by atoms with Crippen molar-refractivity contribution in [3.63, 3.8) is 0 Å². The van der Waals surface area contributed by atoms with Crippen molar-refractivity contribution in [1.29, 1.82) is 0 Å². The Labute approximate surface area is 118 Å². The van der Waals surface area contributed by atoms with Crippen LogP contribution in [0, 0.1) is 0 Å². The summed E-state index contributed by atoms with van der Waals surface area (Å²) in [7, 11) is 0. The highest BCUT2D eigenvalue weighted by Crippen LogP contribution is 2.21. The fraction of sp³-hybridized carbons (Fsp3) is 1.00. The predicted octanol–water partition coefficient (Wildman–Crippen LogP) is 1.89. The molecule has 0 saturated carbocycles. The van der Waals surface area contributed by atoms with Crippen LogP contribution in [0.25, 0.3) is 0 Å². The first-order chi connectivity index (χ1) is 9.15. The third kappa shape index (κ3) is 7.25. The van der Waals surface area contributed by atoms with Gasteiger partial charge in [0.05, 0.1) is 24.9 Å². The van der Waals surface area contributed by atoms with E-state index in [1.165, 1.54) is 0 Å². The average Bonchev–Trinajstić information content (AvgIpc) is 2.37. The van der Waals surface area contributed by atoms with Crippen molar-refractivity contribution in [2.45, 2.75) is 58.8 Å². The van der Waals surface area contributed by atoms with Gasteiger partial charge in [-0.1, -0.05) is 13.8 Å². The Morgan fingerprint density at radius 1 is 1.11 bits per heavy atom. The molecule has 1 N–H and O–H groups in total. The van der Waals surface area contributed by atoms with E-state index in [2.05, 4.69) is 37.9 Å². The molecular formula is C15H32N2O2. The minimum atomic E-state index is 0.337. The molecule has 1 fully saturated rings. The Morgan fingerprint density at radius 3 is 2.32 bits per heavy atom. The summed E-state index contributed by atoms with van der Waals surface area (Å²) in [6.45, 7) is 14.9. The molecule has 0 amide bonds. The van der Waals surface area contributed by atoms with E-state index in [4.69, 9.17) is 9.47 Å². The maximum absolute atomic E-state index is 5.93. The average molecular weight is 272 g/mol. The molecule has 114 valence electrons. The standard InChI is InChI=1S/C15H32N2O2/c1-5-17(6-2)9-7-16-8-10-18-15-11-13(3)19-14(4)12-15/h13-16H,5-12H2,1-4H3. The van der Waals surface area contributed by atoms with Gasteiger partial charge in [-0.15, -0.1) is 0 Å². The Hall–Kier alpha value is -0.160. The van der Waals surface area contributed by atoms with Crippen LogP contribution in [0.5, 0.6) is 0 Å². The highest BCUT2D eigenvalue weighted by molar-refractivity contribution is 4.73. The van der Waals surface area contributed by atoms with Crippen molar-refractivity contribution in [1.82, 2.24) is 10.2 Å². The zero-order valence-electron chi connectivity index (χ0n) is 13.2. The molecule has 0 aromatic rings. The van der Waals surface area contributed by atoms with Crippen LogP contribution >= 0.6 is 0 Å². The van der Waals surface area contributed by atoms with Crippen LogP contribution in [0.1, 0.15) is 40.5 Å². The van der Waals surface area contributed by atoms with Gasteiger partial charge < -0.3 is 19.7 Å².